The van der Waals surface area contributed by atoms with Crippen molar-refractivity contribution >= 4 is 5.91 Å². The molecule has 3 heterocycles. The number of fused-ring (bicyclic) bond motifs is 1. The van der Waals surface area contributed by atoms with Gasteiger partial charge < -0.3 is 14.8 Å². The topological polar surface area (TPSA) is 53.4 Å². The summed E-state index contributed by atoms with van der Waals surface area (Å²) in [6.45, 7) is 9.24. The summed E-state index contributed by atoms with van der Waals surface area (Å²) in [6, 6.07) is 0.122. The molecule has 0 aromatic carbocycles. The molecule has 0 saturated carbocycles. The molecule has 1 N–H and O–H groups in total. The number of rotatable bonds is 5. The molecule has 0 radical (unpaired) electrons. The van der Waals surface area contributed by atoms with E-state index in [1.54, 1.807) is 0 Å². The van der Waals surface area contributed by atoms with Gasteiger partial charge in [0.1, 0.15) is 6.04 Å². The van der Waals surface area contributed by atoms with Crippen molar-refractivity contribution in [3.8, 4) is 0 Å². The monoisotopic (exact) mass is 319 g/mol. The number of amides is 1. The van der Waals surface area contributed by atoms with E-state index in [1.807, 2.05) is 17.9 Å². The number of aryl methyl sites for hydroxylation is 1. The molecule has 0 aliphatic carbocycles. The van der Waals surface area contributed by atoms with Gasteiger partial charge in [-0.15, -0.1) is 0 Å². The van der Waals surface area contributed by atoms with E-state index in [9.17, 15) is 4.79 Å². The zero-order chi connectivity index (χ0) is 16.4. The molecule has 1 saturated heterocycles. The Balaban J connectivity index is 1.68. The van der Waals surface area contributed by atoms with Crippen molar-refractivity contribution in [2.45, 2.75) is 45.2 Å². The van der Waals surface area contributed by atoms with Crippen molar-refractivity contribution in [3.63, 3.8) is 0 Å². The molecule has 0 spiro atoms. The van der Waals surface area contributed by atoms with Crippen LogP contribution in [-0.4, -0.2) is 64.0 Å². The summed E-state index contributed by atoms with van der Waals surface area (Å²) in [4.78, 5) is 22.1. The first-order chi connectivity index (χ1) is 11.1. The van der Waals surface area contributed by atoms with Crippen molar-refractivity contribution < 1.29 is 4.79 Å². The quantitative estimate of drug-likeness (QED) is 0.878. The van der Waals surface area contributed by atoms with Crippen molar-refractivity contribution in [1.29, 1.82) is 0 Å². The van der Waals surface area contributed by atoms with E-state index >= 15 is 0 Å². The molecule has 1 amide bonds. The summed E-state index contributed by atoms with van der Waals surface area (Å²) in [5.74, 6) is 0.113. The fraction of sp³-hybridized carbons (Fsp3) is 0.765. The van der Waals surface area contributed by atoms with Gasteiger partial charge in [-0.25, -0.2) is 4.98 Å². The van der Waals surface area contributed by atoms with E-state index in [-0.39, 0.29) is 11.9 Å². The van der Waals surface area contributed by atoms with Crippen LogP contribution in [0.4, 0.5) is 0 Å². The number of carbonyl (C=O) groups excluding carboxylic acids is 1. The second-order valence-electron chi connectivity index (χ2n) is 7.01. The van der Waals surface area contributed by atoms with E-state index in [4.69, 9.17) is 0 Å². The Bertz CT molecular complexity index is 547. The van der Waals surface area contributed by atoms with Gasteiger partial charge in [0.05, 0.1) is 17.7 Å². The van der Waals surface area contributed by atoms with E-state index < -0.39 is 0 Å². The van der Waals surface area contributed by atoms with Gasteiger partial charge in [-0.3, -0.25) is 9.69 Å². The summed E-state index contributed by atoms with van der Waals surface area (Å²) < 4.78 is 2.01. The molecule has 23 heavy (non-hydrogen) atoms. The van der Waals surface area contributed by atoms with E-state index in [0.29, 0.717) is 6.04 Å². The van der Waals surface area contributed by atoms with Crippen LogP contribution in [0.25, 0.3) is 0 Å². The van der Waals surface area contributed by atoms with Crippen LogP contribution >= 0.6 is 0 Å². The number of hydrogen-bond donors (Lipinski definition) is 1. The van der Waals surface area contributed by atoms with Crippen molar-refractivity contribution in [1.82, 2.24) is 24.7 Å². The lowest BCUT2D eigenvalue weighted by Gasteiger charge is -2.37. The minimum atomic E-state index is -0.218. The average molecular weight is 319 g/mol. The molecular formula is C17H29N5O. The van der Waals surface area contributed by atoms with E-state index in [0.717, 1.165) is 37.4 Å². The Hall–Kier alpha value is -1.40. The Kier molecular flexibility index (Phi) is 5.02. The fourth-order valence-electron chi connectivity index (χ4n) is 3.82. The largest absolute Gasteiger partial charge is 0.353 e. The average Bonchev–Trinajstić information content (AvgIpc) is 3.16. The number of likely N-dealkylation sites (tertiary alicyclic amines) is 1. The van der Waals surface area contributed by atoms with Gasteiger partial charge in [-0.1, -0.05) is 0 Å². The molecule has 1 atom stereocenters. The van der Waals surface area contributed by atoms with Gasteiger partial charge in [0.2, 0.25) is 5.91 Å². The fourth-order valence-corrected chi connectivity index (χ4v) is 3.82. The number of aromatic nitrogens is 2. The predicted octanol–water partition coefficient (Wildman–Crippen LogP) is 0.940. The Morgan fingerprint density at radius 2 is 2.09 bits per heavy atom. The molecule has 6 nitrogen and oxygen atoms in total. The molecule has 1 aromatic rings. The molecule has 128 valence electrons. The molecule has 2 aliphatic heterocycles. The van der Waals surface area contributed by atoms with Gasteiger partial charge in [-0.05, 0) is 39.8 Å². The van der Waals surface area contributed by atoms with Crippen LogP contribution in [-0.2, 0) is 18.3 Å². The molecule has 1 fully saturated rings. The highest BCUT2D eigenvalue weighted by Gasteiger charge is 2.37. The highest BCUT2D eigenvalue weighted by atomic mass is 16.2. The highest BCUT2D eigenvalue weighted by molar-refractivity contribution is 5.83. The minimum absolute atomic E-state index is 0.113. The maximum absolute atomic E-state index is 12.9. The van der Waals surface area contributed by atoms with Crippen LogP contribution in [0.1, 0.15) is 44.1 Å². The normalized spacial score (nSPS) is 22.5. The summed E-state index contributed by atoms with van der Waals surface area (Å²) in [7, 11) is 1.99. The molecule has 1 unspecified atom stereocenters. The van der Waals surface area contributed by atoms with Gasteiger partial charge in [0, 0.05) is 39.1 Å². The lowest BCUT2D eigenvalue weighted by atomic mass is 10.00. The Morgan fingerprint density at radius 3 is 2.78 bits per heavy atom. The smallest absolute Gasteiger partial charge is 0.243 e. The molecule has 3 rings (SSSR count). The first kappa shape index (κ1) is 16.5. The van der Waals surface area contributed by atoms with Gasteiger partial charge >= 0.3 is 0 Å². The van der Waals surface area contributed by atoms with Crippen molar-refractivity contribution in [3.05, 3.63) is 17.7 Å². The van der Waals surface area contributed by atoms with Gasteiger partial charge in [0.25, 0.3) is 0 Å². The SMILES string of the molecule is CC(C)N1CCc2ncn(C)c2C1C(=O)NCCN1CCCC1. The van der Waals surface area contributed by atoms with Crippen LogP contribution in [0.15, 0.2) is 6.33 Å². The zero-order valence-corrected chi connectivity index (χ0v) is 14.6. The summed E-state index contributed by atoms with van der Waals surface area (Å²) in [6.07, 6.45) is 5.33. The molecule has 2 aliphatic rings. The van der Waals surface area contributed by atoms with Crippen molar-refractivity contribution in [2.24, 2.45) is 7.05 Å². The van der Waals surface area contributed by atoms with Crippen LogP contribution < -0.4 is 5.32 Å². The van der Waals surface area contributed by atoms with Gasteiger partial charge in [0.15, 0.2) is 0 Å². The lowest BCUT2D eigenvalue weighted by molar-refractivity contribution is -0.128. The summed E-state index contributed by atoms with van der Waals surface area (Å²) >= 11 is 0. The number of hydrogen-bond acceptors (Lipinski definition) is 4. The van der Waals surface area contributed by atoms with Crippen LogP contribution in [0, 0.1) is 0 Å². The molecular weight excluding hydrogens is 290 g/mol. The van der Waals surface area contributed by atoms with Gasteiger partial charge in [-0.2, -0.15) is 0 Å². The maximum atomic E-state index is 12.9. The number of nitrogens with one attached hydrogen (secondary N) is 1. The Labute approximate surface area is 138 Å². The maximum Gasteiger partial charge on any atom is 0.243 e. The Morgan fingerprint density at radius 1 is 1.35 bits per heavy atom. The third-order valence-corrected chi connectivity index (χ3v) is 5.10. The second-order valence-corrected chi connectivity index (χ2v) is 7.01. The molecule has 6 heteroatoms. The first-order valence-corrected chi connectivity index (χ1v) is 8.84. The van der Waals surface area contributed by atoms with E-state index in [2.05, 4.69) is 33.9 Å². The van der Waals surface area contributed by atoms with E-state index in [1.165, 1.54) is 25.9 Å². The van der Waals surface area contributed by atoms with Crippen LogP contribution in [0.5, 0.6) is 0 Å². The number of imidazole rings is 1. The lowest BCUT2D eigenvalue weighted by Crippen LogP contribution is -2.49. The third-order valence-electron chi connectivity index (χ3n) is 5.10. The minimum Gasteiger partial charge on any atom is -0.353 e. The summed E-state index contributed by atoms with van der Waals surface area (Å²) in [5, 5.41) is 3.16. The second kappa shape index (κ2) is 7.01. The standard InChI is InChI=1S/C17H29N5O/c1-13(2)22-10-6-14-15(20(3)12-19-14)16(22)17(23)18-7-11-21-8-4-5-9-21/h12-13,16H,4-11H2,1-3H3,(H,18,23). The number of nitrogens with zero attached hydrogens (tertiary/aromatic N) is 4. The first-order valence-electron chi connectivity index (χ1n) is 8.84. The zero-order valence-electron chi connectivity index (χ0n) is 14.6. The van der Waals surface area contributed by atoms with Crippen LogP contribution in [0.2, 0.25) is 0 Å². The molecule has 1 aromatic heterocycles. The number of carbonyl (C=O) groups is 1. The summed E-state index contributed by atoms with van der Waals surface area (Å²) in [5.41, 5.74) is 2.13. The molecule has 0 bridgehead atoms. The van der Waals surface area contributed by atoms with Crippen molar-refractivity contribution in [2.75, 3.05) is 32.7 Å². The predicted molar refractivity (Wildman–Crippen MR) is 90.2 cm³/mol. The highest BCUT2D eigenvalue weighted by Crippen LogP contribution is 2.30. The van der Waals surface area contributed by atoms with Crippen LogP contribution in [0.3, 0.4) is 0 Å². The third kappa shape index (κ3) is 3.43.